The van der Waals surface area contributed by atoms with Crippen molar-refractivity contribution in [2.75, 3.05) is 21.3 Å². The summed E-state index contributed by atoms with van der Waals surface area (Å²) >= 11 is 0. The fourth-order valence-corrected chi connectivity index (χ4v) is 3.31. The maximum Gasteiger partial charge on any atom is 0.251 e. The van der Waals surface area contributed by atoms with Crippen LogP contribution in [0.3, 0.4) is 0 Å². The van der Waals surface area contributed by atoms with E-state index < -0.39 is 5.60 Å². The minimum atomic E-state index is -0.408. The first-order chi connectivity index (χ1) is 12.9. The first-order valence-corrected chi connectivity index (χ1v) is 8.76. The van der Waals surface area contributed by atoms with Crippen molar-refractivity contribution >= 4 is 5.91 Å². The van der Waals surface area contributed by atoms with Gasteiger partial charge in [-0.3, -0.25) is 4.79 Å². The molecule has 0 saturated carbocycles. The predicted molar refractivity (Wildman–Crippen MR) is 102 cm³/mol. The number of nitrogens with one attached hydrogen (secondary N) is 1. The maximum atomic E-state index is 12.9. The van der Waals surface area contributed by atoms with Crippen LogP contribution in [0.15, 0.2) is 36.4 Å². The highest BCUT2D eigenvalue weighted by molar-refractivity contribution is 5.95. The molecule has 1 N–H and O–H groups in total. The van der Waals surface area contributed by atoms with Crippen LogP contribution in [0.4, 0.5) is 0 Å². The van der Waals surface area contributed by atoms with E-state index in [0.717, 1.165) is 17.1 Å². The molecule has 2 aromatic carbocycles. The Morgan fingerprint density at radius 3 is 2.44 bits per heavy atom. The Hall–Kier alpha value is -2.89. The van der Waals surface area contributed by atoms with E-state index in [-0.39, 0.29) is 11.9 Å². The van der Waals surface area contributed by atoms with Gasteiger partial charge in [-0.05, 0) is 44.2 Å². The van der Waals surface area contributed by atoms with Crippen LogP contribution >= 0.6 is 0 Å². The summed E-state index contributed by atoms with van der Waals surface area (Å²) in [7, 11) is 4.73. The quantitative estimate of drug-likeness (QED) is 0.867. The van der Waals surface area contributed by atoms with Crippen molar-refractivity contribution in [2.24, 2.45) is 0 Å². The fourth-order valence-electron chi connectivity index (χ4n) is 3.31. The summed E-state index contributed by atoms with van der Waals surface area (Å²) < 4.78 is 21.9. The maximum absolute atomic E-state index is 12.9. The number of hydrogen-bond donors (Lipinski definition) is 1. The third-order valence-corrected chi connectivity index (χ3v) is 4.63. The van der Waals surface area contributed by atoms with Gasteiger partial charge in [0, 0.05) is 23.6 Å². The Bertz CT molecular complexity index is 846. The molecule has 0 radical (unpaired) electrons. The van der Waals surface area contributed by atoms with Gasteiger partial charge >= 0.3 is 0 Å². The lowest BCUT2D eigenvalue weighted by Gasteiger charge is -2.38. The zero-order valence-corrected chi connectivity index (χ0v) is 16.3. The lowest BCUT2D eigenvalue weighted by molar-refractivity contribution is 0.0617. The van der Waals surface area contributed by atoms with Gasteiger partial charge in [-0.15, -0.1) is 0 Å². The van der Waals surface area contributed by atoms with Crippen molar-refractivity contribution in [2.45, 2.75) is 31.9 Å². The molecule has 1 atom stereocenters. The standard InChI is InChI=1S/C21H25NO5/c1-21(2)12-16(15-8-7-14(24-3)11-18(15)27-21)22-20(23)13-6-9-17(25-4)19(10-13)26-5/h6-11,16H,12H2,1-5H3,(H,22,23)/t16-/m1/s1. The lowest BCUT2D eigenvalue weighted by Crippen LogP contribution is -2.41. The molecule has 27 heavy (non-hydrogen) atoms. The van der Waals surface area contributed by atoms with Gasteiger partial charge < -0.3 is 24.3 Å². The molecule has 0 aromatic heterocycles. The van der Waals surface area contributed by atoms with E-state index in [0.29, 0.717) is 23.5 Å². The highest BCUT2D eigenvalue weighted by Gasteiger charge is 2.35. The Labute approximate surface area is 159 Å². The molecule has 0 unspecified atom stereocenters. The Balaban J connectivity index is 1.88. The van der Waals surface area contributed by atoms with Gasteiger partial charge in [0.25, 0.3) is 5.91 Å². The van der Waals surface area contributed by atoms with Crippen molar-refractivity contribution in [1.82, 2.24) is 5.32 Å². The summed E-state index contributed by atoms with van der Waals surface area (Å²) in [6.45, 7) is 4.01. The number of benzene rings is 2. The van der Waals surface area contributed by atoms with E-state index in [1.807, 2.05) is 32.0 Å². The summed E-state index contributed by atoms with van der Waals surface area (Å²) in [6.07, 6.45) is 0.658. The van der Waals surface area contributed by atoms with Crippen LogP contribution in [0.5, 0.6) is 23.0 Å². The number of carbonyl (C=O) groups excluding carboxylic acids is 1. The van der Waals surface area contributed by atoms with Gasteiger partial charge in [-0.25, -0.2) is 0 Å². The average Bonchev–Trinajstić information content (AvgIpc) is 2.65. The highest BCUT2D eigenvalue weighted by Crippen LogP contribution is 2.41. The zero-order chi connectivity index (χ0) is 19.6. The van der Waals surface area contributed by atoms with Gasteiger partial charge in [0.2, 0.25) is 0 Å². The number of ether oxygens (including phenoxy) is 4. The van der Waals surface area contributed by atoms with Crippen LogP contribution in [0.1, 0.15) is 42.2 Å². The number of rotatable bonds is 5. The van der Waals surface area contributed by atoms with Crippen LogP contribution in [0, 0.1) is 0 Å². The molecule has 0 fully saturated rings. The molecule has 6 heteroatoms. The molecule has 1 heterocycles. The normalized spacial score (nSPS) is 17.3. The fraction of sp³-hybridized carbons (Fsp3) is 0.381. The zero-order valence-electron chi connectivity index (χ0n) is 16.3. The number of methoxy groups -OCH3 is 3. The van der Waals surface area contributed by atoms with Gasteiger partial charge in [0.1, 0.15) is 17.1 Å². The minimum Gasteiger partial charge on any atom is -0.497 e. The SMILES string of the molecule is COc1ccc2c(c1)OC(C)(C)C[C@H]2NC(=O)c1ccc(OC)c(OC)c1. The number of hydrogen-bond acceptors (Lipinski definition) is 5. The smallest absolute Gasteiger partial charge is 0.251 e. The molecule has 0 aliphatic carbocycles. The van der Waals surface area contributed by atoms with E-state index in [1.165, 1.54) is 0 Å². The second-order valence-corrected chi connectivity index (χ2v) is 7.07. The largest absolute Gasteiger partial charge is 0.497 e. The van der Waals surface area contributed by atoms with Crippen molar-refractivity contribution < 1.29 is 23.7 Å². The third kappa shape index (κ3) is 3.94. The van der Waals surface area contributed by atoms with E-state index in [2.05, 4.69) is 5.32 Å². The van der Waals surface area contributed by atoms with Crippen LogP contribution in [0.25, 0.3) is 0 Å². The van der Waals surface area contributed by atoms with Gasteiger partial charge in [-0.1, -0.05) is 0 Å². The number of fused-ring (bicyclic) bond motifs is 1. The first-order valence-electron chi connectivity index (χ1n) is 8.76. The van der Waals surface area contributed by atoms with Crippen LogP contribution in [-0.4, -0.2) is 32.8 Å². The molecule has 0 bridgehead atoms. The van der Waals surface area contributed by atoms with Gasteiger partial charge in [-0.2, -0.15) is 0 Å². The Morgan fingerprint density at radius 1 is 1.04 bits per heavy atom. The van der Waals surface area contributed by atoms with Crippen LogP contribution in [-0.2, 0) is 0 Å². The molecule has 3 rings (SSSR count). The highest BCUT2D eigenvalue weighted by atomic mass is 16.5. The minimum absolute atomic E-state index is 0.171. The lowest BCUT2D eigenvalue weighted by atomic mass is 9.89. The van der Waals surface area contributed by atoms with Gasteiger partial charge in [0.15, 0.2) is 11.5 Å². The Morgan fingerprint density at radius 2 is 1.78 bits per heavy atom. The predicted octanol–water partition coefficient (Wildman–Crippen LogP) is 3.74. The average molecular weight is 371 g/mol. The second-order valence-electron chi connectivity index (χ2n) is 7.07. The Kier molecular flexibility index (Phi) is 5.17. The number of amides is 1. The van der Waals surface area contributed by atoms with E-state index in [9.17, 15) is 4.79 Å². The van der Waals surface area contributed by atoms with Crippen molar-refractivity contribution in [3.05, 3.63) is 47.5 Å². The summed E-state index contributed by atoms with van der Waals surface area (Å²) in [5.41, 5.74) is 1.03. The molecule has 144 valence electrons. The third-order valence-electron chi connectivity index (χ3n) is 4.63. The topological polar surface area (TPSA) is 66.0 Å². The molecule has 1 amide bonds. The second kappa shape index (κ2) is 7.39. The van der Waals surface area contributed by atoms with E-state index in [1.54, 1.807) is 39.5 Å². The molecule has 1 aliphatic rings. The molecule has 6 nitrogen and oxygen atoms in total. The molecule has 0 spiro atoms. The van der Waals surface area contributed by atoms with Crippen molar-refractivity contribution in [1.29, 1.82) is 0 Å². The van der Waals surface area contributed by atoms with E-state index >= 15 is 0 Å². The molecule has 2 aromatic rings. The first kappa shape index (κ1) is 18.9. The molecular weight excluding hydrogens is 346 g/mol. The molecular formula is C21H25NO5. The van der Waals surface area contributed by atoms with Gasteiger partial charge in [0.05, 0.1) is 27.4 Å². The van der Waals surface area contributed by atoms with Crippen molar-refractivity contribution in [3.8, 4) is 23.0 Å². The van der Waals surface area contributed by atoms with Crippen molar-refractivity contribution in [3.63, 3.8) is 0 Å². The monoisotopic (exact) mass is 371 g/mol. The van der Waals surface area contributed by atoms with Crippen LogP contribution < -0.4 is 24.3 Å². The molecule has 0 saturated heterocycles. The van der Waals surface area contributed by atoms with E-state index in [4.69, 9.17) is 18.9 Å². The summed E-state index contributed by atoms with van der Waals surface area (Å²) in [5.74, 6) is 2.36. The summed E-state index contributed by atoms with van der Waals surface area (Å²) in [6, 6.07) is 10.6. The van der Waals surface area contributed by atoms with Crippen LogP contribution in [0.2, 0.25) is 0 Å². The molecule has 1 aliphatic heterocycles. The number of carbonyl (C=O) groups is 1. The summed E-state index contributed by atoms with van der Waals surface area (Å²) in [5, 5.41) is 3.12. The summed E-state index contributed by atoms with van der Waals surface area (Å²) in [4.78, 5) is 12.9.